The first-order chi connectivity index (χ1) is 13.0. The number of nitrogens with zero attached hydrogens (tertiary/aromatic N) is 3. The summed E-state index contributed by atoms with van der Waals surface area (Å²) in [4.78, 5) is 2.51. The van der Waals surface area contributed by atoms with Gasteiger partial charge in [0.1, 0.15) is 12.3 Å². The molecule has 27 heavy (non-hydrogen) atoms. The van der Waals surface area contributed by atoms with Crippen molar-refractivity contribution in [3.05, 3.63) is 63.0 Å². The number of rotatable bonds is 8. The zero-order chi connectivity index (χ0) is 19.4. The number of thiophene rings is 1. The van der Waals surface area contributed by atoms with Crippen LogP contribution < -0.4 is 9.64 Å². The van der Waals surface area contributed by atoms with Crippen LogP contribution in [-0.4, -0.2) is 28.5 Å². The van der Waals surface area contributed by atoms with Crippen LogP contribution in [0.4, 0.5) is 0 Å². The Kier molecular flexibility index (Phi) is 6.49. The van der Waals surface area contributed by atoms with Gasteiger partial charge in [0.15, 0.2) is 12.5 Å². The van der Waals surface area contributed by atoms with Crippen molar-refractivity contribution in [1.82, 2.24) is 14.3 Å². The lowest BCUT2D eigenvalue weighted by Gasteiger charge is -2.12. The van der Waals surface area contributed by atoms with Crippen molar-refractivity contribution >= 4 is 35.2 Å². The second-order valence-electron chi connectivity index (χ2n) is 6.23. The van der Waals surface area contributed by atoms with E-state index in [-0.39, 0.29) is 0 Å². The minimum atomic E-state index is 0.611. The third-order valence-corrected chi connectivity index (χ3v) is 5.77. The molecule has 1 atom stereocenters. The molecule has 142 valence electrons. The van der Waals surface area contributed by atoms with Gasteiger partial charge < -0.3 is 9.64 Å². The van der Waals surface area contributed by atoms with Gasteiger partial charge in [0.05, 0.1) is 23.4 Å². The maximum Gasteiger partial charge on any atom is 0.203 e. The van der Waals surface area contributed by atoms with Crippen molar-refractivity contribution in [3.8, 4) is 17.1 Å². The molecule has 1 N–H and O–H groups in total. The Morgan fingerprint density at radius 1 is 1.30 bits per heavy atom. The minimum absolute atomic E-state index is 0.611. The molecule has 1 unspecified atom stereocenters. The lowest BCUT2D eigenvalue weighted by molar-refractivity contribution is -0.917. The predicted octanol–water partition coefficient (Wildman–Crippen LogP) is 3.66. The van der Waals surface area contributed by atoms with Gasteiger partial charge in [-0.15, -0.1) is 23.0 Å². The van der Waals surface area contributed by atoms with Crippen molar-refractivity contribution in [1.29, 1.82) is 0 Å². The molecule has 8 heteroatoms. The van der Waals surface area contributed by atoms with E-state index in [9.17, 15) is 0 Å². The van der Waals surface area contributed by atoms with E-state index in [0.717, 1.165) is 28.0 Å². The molecule has 2 aromatic heterocycles. The summed E-state index contributed by atoms with van der Waals surface area (Å²) < 4.78 is 10.6. The third-order valence-electron chi connectivity index (χ3n) is 4.11. The Morgan fingerprint density at radius 2 is 2.04 bits per heavy atom. The quantitative estimate of drug-likeness (QED) is 0.445. The first-order valence-electron chi connectivity index (χ1n) is 8.50. The van der Waals surface area contributed by atoms with Crippen molar-refractivity contribution in [2.45, 2.75) is 19.8 Å². The van der Waals surface area contributed by atoms with Crippen molar-refractivity contribution < 1.29 is 9.64 Å². The molecule has 3 aromatic rings. The molecule has 3 rings (SSSR count). The number of nitrogens with one attached hydrogen (secondary N) is 1. The van der Waals surface area contributed by atoms with E-state index in [1.807, 2.05) is 45.7 Å². The van der Waals surface area contributed by atoms with Gasteiger partial charge in [-0.05, 0) is 48.6 Å². The Hall–Kier alpha value is -1.93. The SMILES string of the molecule is C=CCn1c(-c2ccc(OC)cc2)nn(C[NH+](C)Cc2ccc(Cl)s2)c1=S. The van der Waals surface area contributed by atoms with E-state index in [1.165, 1.54) is 9.78 Å². The Balaban J connectivity index is 1.87. The average molecular weight is 422 g/mol. The molecule has 2 heterocycles. The summed E-state index contributed by atoms with van der Waals surface area (Å²) in [5.74, 6) is 1.64. The number of allylic oxidation sites excluding steroid dienone is 1. The normalized spacial score (nSPS) is 12.1. The van der Waals surface area contributed by atoms with Gasteiger partial charge in [0.25, 0.3) is 0 Å². The van der Waals surface area contributed by atoms with Crippen LogP contribution in [0, 0.1) is 4.77 Å². The smallest absolute Gasteiger partial charge is 0.203 e. The standard InChI is InChI=1S/C19H21ClN4OS2/c1-4-11-23-18(14-5-7-15(25-3)8-6-14)21-24(19(23)26)13-22(2)12-16-9-10-17(20)27-16/h4-10H,1,11-13H2,2-3H3/p+1. The maximum atomic E-state index is 6.03. The average Bonchev–Trinajstić information content (AvgIpc) is 3.20. The maximum absolute atomic E-state index is 6.03. The van der Waals surface area contributed by atoms with Crippen LogP contribution in [0.3, 0.4) is 0 Å². The Labute approximate surface area is 173 Å². The molecule has 0 aliphatic rings. The zero-order valence-corrected chi connectivity index (χ0v) is 17.7. The first kappa shape index (κ1) is 19.8. The second-order valence-corrected chi connectivity index (χ2v) is 8.40. The lowest BCUT2D eigenvalue weighted by atomic mass is 10.2. The third kappa shape index (κ3) is 4.68. The summed E-state index contributed by atoms with van der Waals surface area (Å²) in [6, 6.07) is 11.8. The predicted molar refractivity (Wildman–Crippen MR) is 113 cm³/mol. The molecule has 1 aromatic carbocycles. The van der Waals surface area contributed by atoms with E-state index in [0.29, 0.717) is 18.0 Å². The number of hydrogen-bond donors (Lipinski definition) is 1. The van der Waals surface area contributed by atoms with E-state index in [4.69, 9.17) is 33.7 Å². The highest BCUT2D eigenvalue weighted by Crippen LogP contribution is 2.22. The number of aromatic nitrogens is 3. The summed E-state index contributed by atoms with van der Waals surface area (Å²) in [7, 11) is 3.78. The molecule has 0 saturated carbocycles. The number of methoxy groups -OCH3 is 1. The van der Waals surface area contributed by atoms with Gasteiger partial charge in [-0.1, -0.05) is 17.7 Å². The number of halogens is 1. The number of quaternary nitrogens is 1. The lowest BCUT2D eigenvalue weighted by Crippen LogP contribution is -3.06. The molecule has 0 bridgehead atoms. The van der Waals surface area contributed by atoms with E-state index in [2.05, 4.69) is 19.7 Å². The van der Waals surface area contributed by atoms with E-state index in [1.54, 1.807) is 18.4 Å². The summed E-state index contributed by atoms with van der Waals surface area (Å²) in [6.07, 6.45) is 1.83. The highest BCUT2D eigenvalue weighted by molar-refractivity contribution is 7.71. The van der Waals surface area contributed by atoms with Crippen LogP contribution in [0.2, 0.25) is 4.34 Å². The fourth-order valence-electron chi connectivity index (χ4n) is 2.85. The van der Waals surface area contributed by atoms with Crippen LogP contribution in [0.25, 0.3) is 11.4 Å². The summed E-state index contributed by atoms with van der Waals surface area (Å²) >= 11 is 13.3. The Bertz CT molecular complexity index is 975. The first-order valence-corrected chi connectivity index (χ1v) is 10.1. The highest BCUT2D eigenvalue weighted by atomic mass is 35.5. The van der Waals surface area contributed by atoms with Crippen LogP contribution in [0.5, 0.6) is 5.75 Å². The van der Waals surface area contributed by atoms with Crippen LogP contribution in [0.1, 0.15) is 4.88 Å². The largest absolute Gasteiger partial charge is 0.497 e. The monoisotopic (exact) mass is 421 g/mol. The summed E-state index contributed by atoms with van der Waals surface area (Å²) in [5, 5.41) is 4.78. The number of benzene rings is 1. The number of hydrogen-bond acceptors (Lipinski definition) is 4. The molecule has 0 amide bonds. The highest BCUT2D eigenvalue weighted by Gasteiger charge is 2.15. The van der Waals surface area contributed by atoms with Crippen LogP contribution >= 0.6 is 35.2 Å². The molecule has 0 radical (unpaired) electrons. The molecular weight excluding hydrogens is 400 g/mol. The summed E-state index contributed by atoms with van der Waals surface area (Å²) in [5.41, 5.74) is 0.991. The Morgan fingerprint density at radius 3 is 2.63 bits per heavy atom. The van der Waals surface area contributed by atoms with Gasteiger partial charge in [-0.3, -0.25) is 4.57 Å². The van der Waals surface area contributed by atoms with Gasteiger partial charge in [0, 0.05) is 12.1 Å². The van der Waals surface area contributed by atoms with Crippen molar-refractivity contribution in [3.63, 3.8) is 0 Å². The van der Waals surface area contributed by atoms with Gasteiger partial charge in [-0.25, -0.2) is 0 Å². The molecule has 0 spiro atoms. The second kappa shape index (κ2) is 8.84. The minimum Gasteiger partial charge on any atom is -0.497 e. The van der Waals surface area contributed by atoms with E-state index < -0.39 is 0 Å². The molecule has 5 nitrogen and oxygen atoms in total. The van der Waals surface area contributed by atoms with Crippen LogP contribution in [0.15, 0.2) is 49.1 Å². The van der Waals surface area contributed by atoms with Gasteiger partial charge >= 0.3 is 0 Å². The van der Waals surface area contributed by atoms with Crippen molar-refractivity contribution in [2.24, 2.45) is 0 Å². The molecule has 0 fully saturated rings. The molecular formula is C19H22ClN4OS2+. The molecule has 0 aliphatic carbocycles. The molecule has 0 saturated heterocycles. The number of ether oxygens (including phenoxy) is 1. The van der Waals surface area contributed by atoms with Gasteiger partial charge in [-0.2, -0.15) is 4.68 Å². The van der Waals surface area contributed by atoms with Gasteiger partial charge in [0.2, 0.25) is 4.77 Å². The van der Waals surface area contributed by atoms with E-state index >= 15 is 0 Å². The zero-order valence-electron chi connectivity index (χ0n) is 15.3. The fourth-order valence-corrected chi connectivity index (χ4v) is 4.31. The molecule has 0 aliphatic heterocycles. The topological polar surface area (TPSA) is 36.4 Å². The fraction of sp³-hybridized carbons (Fsp3) is 0.263. The van der Waals surface area contributed by atoms with Crippen molar-refractivity contribution in [2.75, 3.05) is 14.2 Å². The summed E-state index contributed by atoms with van der Waals surface area (Å²) in [6.45, 7) is 5.99. The van der Waals surface area contributed by atoms with Crippen LogP contribution in [-0.2, 0) is 19.8 Å².